The molecule has 0 unspecified atom stereocenters. The molecule has 110 valence electrons. The lowest BCUT2D eigenvalue weighted by molar-refractivity contribution is 0.0933. The van der Waals surface area contributed by atoms with Crippen molar-refractivity contribution in [2.75, 3.05) is 19.6 Å². The van der Waals surface area contributed by atoms with E-state index >= 15 is 0 Å². The molecule has 1 amide bonds. The number of carbonyl (C=O) groups is 1. The molecule has 1 aromatic heterocycles. The van der Waals surface area contributed by atoms with Gasteiger partial charge in [0, 0.05) is 30.7 Å². The van der Waals surface area contributed by atoms with Crippen LogP contribution in [0.5, 0.6) is 0 Å². The zero-order valence-corrected chi connectivity index (χ0v) is 12.2. The minimum atomic E-state index is -0.0576. The Bertz CT molecular complexity index is 466. The number of amides is 1. The van der Waals surface area contributed by atoms with E-state index in [1.54, 1.807) is 0 Å². The number of nitrogens with one attached hydrogen (secondary N) is 2. The number of H-pyrrole nitrogens is 1. The van der Waals surface area contributed by atoms with Gasteiger partial charge in [-0.25, -0.2) is 0 Å². The van der Waals surface area contributed by atoms with Gasteiger partial charge in [0.1, 0.15) is 5.69 Å². The molecule has 1 atom stereocenters. The van der Waals surface area contributed by atoms with Gasteiger partial charge in [0.25, 0.3) is 5.91 Å². The van der Waals surface area contributed by atoms with Crippen molar-refractivity contribution in [1.82, 2.24) is 20.4 Å². The minimum absolute atomic E-state index is 0.0576. The molecule has 2 heterocycles. The van der Waals surface area contributed by atoms with Crippen LogP contribution in [-0.4, -0.2) is 46.7 Å². The lowest BCUT2D eigenvalue weighted by Crippen LogP contribution is -2.42. The third-order valence-electron chi connectivity index (χ3n) is 4.47. The van der Waals surface area contributed by atoms with Crippen LogP contribution >= 0.6 is 0 Å². The molecule has 0 aromatic carbocycles. The SMILES string of the molecule is C[C@H]1CCCCN1CCNC(=O)c1cc(C2CC2)[nH]n1. The summed E-state index contributed by atoms with van der Waals surface area (Å²) in [5.41, 5.74) is 1.64. The zero-order valence-electron chi connectivity index (χ0n) is 12.2. The van der Waals surface area contributed by atoms with Crippen molar-refractivity contribution in [2.24, 2.45) is 0 Å². The molecule has 2 N–H and O–H groups in total. The van der Waals surface area contributed by atoms with Crippen LogP contribution in [0.2, 0.25) is 0 Å². The van der Waals surface area contributed by atoms with E-state index in [9.17, 15) is 4.79 Å². The van der Waals surface area contributed by atoms with Crippen LogP contribution in [0, 0.1) is 0 Å². The molecule has 1 aliphatic heterocycles. The summed E-state index contributed by atoms with van der Waals surface area (Å²) in [5.74, 6) is 0.552. The fourth-order valence-corrected chi connectivity index (χ4v) is 2.95. The predicted octanol–water partition coefficient (Wildman–Crippen LogP) is 1.89. The molecule has 20 heavy (non-hydrogen) atoms. The zero-order chi connectivity index (χ0) is 13.9. The van der Waals surface area contributed by atoms with Gasteiger partial charge in [-0.2, -0.15) is 5.10 Å². The van der Waals surface area contributed by atoms with Crippen LogP contribution in [0.1, 0.15) is 61.1 Å². The van der Waals surface area contributed by atoms with Crippen LogP contribution in [0.25, 0.3) is 0 Å². The first-order chi connectivity index (χ1) is 9.74. The lowest BCUT2D eigenvalue weighted by atomic mass is 10.0. The van der Waals surface area contributed by atoms with Crippen LogP contribution < -0.4 is 5.32 Å². The van der Waals surface area contributed by atoms with Crippen molar-refractivity contribution in [3.05, 3.63) is 17.5 Å². The van der Waals surface area contributed by atoms with Crippen LogP contribution in [0.15, 0.2) is 6.07 Å². The predicted molar refractivity (Wildman–Crippen MR) is 77.8 cm³/mol. The summed E-state index contributed by atoms with van der Waals surface area (Å²) in [7, 11) is 0. The Kier molecular flexibility index (Phi) is 4.05. The Balaban J connectivity index is 1.44. The van der Waals surface area contributed by atoms with Crippen LogP contribution in [0.3, 0.4) is 0 Å². The Hall–Kier alpha value is -1.36. The number of piperidine rings is 1. The fraction of sp³-hybridized carbons (Fsp3) is 0.733. The third kappa shape index (κ3) is 3.20. The van der Waals surface area contributed by atoms with E-state index in [1.165, 1.54) is 32.1 Å². The second kappa shape index (κ2) is 5.95. The largest absolute Gasteiger partial charge is 0.349 e. The molecular formula is C15H24N4O. The minimum Gasteiger partial charge on any atom is -0.349 e. The highest BCUT2D eigenvalue weighted by Crippen LogP contribution is 2.38. The number of aromatic amines is 1. The number of carbonyl (C=O) groups excluding carboxylic acids is 1. The maximum absolute atomic E-state index is 12.0. The first-order valence-corrected chi connectivity index (χ1v) is 7.81. The van der Waals surface area contributed by atoms with E-state index in [1.807, 2.05) is 6.07 Å². The van der Waals surface area contributed by atoms with Crippen molar-refractivity contribution in [2.45, 2.75) is 51.0 Å². The average Bonchev–Trinajstić information content (AvgIpc) is 3.18. The molecule has 5 heteroatoms. The smallest absolute Gasteiger partial charge is 0.271 e. The molecule has 2 fully saturated rings. The molecule has 2 aliphatic rings. The van der Waals surface area contributed by atoms with E-state index < -0.39 is 0 Å². The average molecular weight is 276 g/mol. The monoisotopic (exact) mass is 276 g/mol. The van der Waals surface area contributed by atoms with E-state index in [2.05, 4.69) is 27.3 Å². The van der Waals surface area contributed by atoms with Crippen molar-refractivity contribution in [3.8, 4) is 0 Å². The molecule has 1 saturated carbocycles. The summed E-state index contributed by atoms with van der Waals surface area (Å²) in [6.45, 7) is 5.07. The quantitative estimate of drug-likeness (QED) is 0.863. The Morgan fingerprint density at radius 2 is 2.30 bits per heavy atom. The number of hydrogen-bond donors (Lipinski definition) is 2. The number of hydrogen-bond acceptors (Lipinski definition) is 3. The van der Waals surface area contributed by atoms with Gasteiger partial charge < -0.3 is 5.32 Å². The summed E-state index contributed by atoms with van der Waals surface area (Å²) in [6.07, 6.45) is 6.33. The second-order valence-corrected chi connectivity index (χ2v) is 6.12. The molecule has 0 radical (unpaired) electrons. The van der Waals surface area contributed by atoms with Gasteiger partial charge in [-0.05, 0) is 45.2 Å². The highest BCUT2D eigenvalue weighted by atomic mass is 16.1. The molecule has 3 rings (SSSR count). The first-order valence-electron chi connectivity index (χ1n) is 7.81. The highest BCUT2D eigenvalue weighted by molar-refractivity contribution is 5.92. The van der Waals surface area contributed by atoms with Crippen LogP contribution in [-0.2, 0) is 0 Å². The Morgan fingerprint density at radius 1 is 1.45 bits per heavy atom. The number of aromatic nitrogens is 2. The molecule has 5 nitrogen and oxygen atoms in total. The van der Waals surface area contributed by atoms with E-state index in [0.29, 0.717) is 24.2 Å². The fourth-order valence-electron chi connectivity index (χ4n) is 2.95. The summed E-state index contributed by atoms with van der Waals surface area (Å²) >= 11 is 0. The molecule has 1 aliphatic carbocycles. The van der Waals surface area contributed by atoms with Crippen LogP contribution in [0.4, 0.5) is 0 Å². The van der Waals surface area contributed by atoms with Crippen molar-refractivity contribution < 1.29 is 4.79 Å². The van der Waals surface area contributed by atoms with Gasteiger partial charge in [-0.3, -0.25) is 14.8 Å². The normalized spacial score (nSPS) is 23.8. The van der Waals surface area contributed by atoms with Crippen molar-refractivity contribution in [1.29, 1.82) is 0 Å². The van der Waals surface area contributed by atoms with Crippen molar-refractivity contribution >= 4 is 5.91 Å². The van der Waals surface area contributed by atoms with Gasteiger partial charge in [0.05, 0.1) is 0 Å². The van der Waals surface area contributed by atoms with Gasteiger partial charge in [0.2, 0.25) is 0 Å². The molecule has 1 saturated heterocycles. The summed E-state index contributed by atoms with van der Waals surface area (Å²) in [5, 5.41) is 10.1. The van der Waals surface area contributed by atoms with Gasteiger partial charge >= 0.3 is 0 Å². The summed E-state index contributed by atoms with van der Waals surface area (Å²) in [4.78, 5) is 14.5. The third-order valence-corrected chi connectivity index (χ3v) is 4.47. The molecule has 0 spiro atoms. The maximum Gasteiger partial charge on any atom is 0.271 e. The van der Waals surface area contributed by atoms with Gasteiger partial charge in [0.15, 0.2) is 0 Å². The number of rotatable bonds is 5. The highest BCUT2D eigenvalue weighted by Gasteiger charge is 2.26. The van der Waals surface area contributed by atoms with E-state index in [0.717, 1.165) is 18.8 Å². The summed E-state index contributed by atoms with van der Waals surface area (Å²) in [6, 6.07) is 2.55. The molecular weight excluding hydrogens is 252 g/mol. The number of nitrogens with zero attached hydrogens (tertiary/aromatic N) is 2. The maximum atomic E-state index is 12.0. The molecule has 1 aromatic rings. The topological polar surface area (TPSA) is 61.0 Å². The van der Waals surface area contributed by atoms with Crippen molar-refractivity contribution in [3.63, 3.8) is 0 Å². The lowest BCUT2D eigenvalue weighted by Gasteiger charge is -2.33. The van der Waals surface area contributed by atoms with Gasteiger partial charge in [-0.1, -0.05) is 6.42 Å². The Morgan fingerprint density at radius 3 is 3.05 bits per heavy atom. The first kappa shape index (κ1) is 13.6. The number of likely N-dealkylation sites (tertiary alicyclic amines) is 1. The molecule has 0 bridgehead atoms. The second-order valence-electron chi connectivity index (χ2n) is 6.12. The standard InChI is InChI=1S/C15H24N4O/c1-11-4-2-3-8-19(11)9-7-16-15(20)14-10-13(17-18-14)12-5-6-12/h10-12H,2-9H2,1H3,(H,16,20)(H,17,18)/t11-/m0/s1. The Labute approximate surface area is 120 Å². The summed E-state index contributed by atoms with van der Waals surface area (Å²) < 4.78 is 0. The van der Waals surface area contributed by atoms with E-state index in [-0.39, 0.29) is 5.91 Å². The van der Waals surface area contributed by atoms with Gasteiger partial charge in [-0.15, -0.1) is 0 Å². The van der Waals surface area contributed by atoms with E-state index in [4.69, 9.17) is 0 Å².